The van der Waals surface area contributed by atoms with E-state index in [9.17, 15) is 0 Å². The fourth-order valence-corrected chi connectivity index (χ4v) is 1.20. The third-order valence-corrected chi connectivity index (χ3v) is 2.50. The van der Waals surface area contributed by atoms with Gasteiger partial charge in [0.25, 0.3) is 0 Å². The van der Waals surface area contributed by atoms with Gasteiger partial charge in [-0.2, -0.15) is 13.5 Å². The van der Waals surface area contributed by atoms with E-state index in [1.165, 1.54) is 0 Å². The first-order valence-corrected chi connectivity index (χ1v) is 5.88. The van der Waals surface area contributed by atoms with Gasteiger partial charge in [-0.1, -0.05) is 27.7 Å². The second kappa shape index (κ2) is 13.3. The average Bonchev–Trinajstić information content (AvgIpc) is 2.29. The van der Waals surface area contributed by atoms with Crippen LogP contribution in [0.5, 0.6) is 0 Å². The molecule has 0 fully saturated rings. The summed E-state index contributed by atoms with van der Waals surface area (Å²) in [6.45, 7) is 14.3. The minimum absolute atomic E-state index is 0. The van der Waals surface area contributed by atoms with Crippen molar-refractivity contribution >= 4 is 13.5 Å². The summed E-state index contributed by atoms with van der Waals surface area (Å²) in [4.78, 5) is 4.42. The Hall–Kier alpha value is 0.190. The van der Waals surface area contributed by atoms with Crippen molar-refractivity contribution < 1.29 is 9.47 Å². The standard InChI is InChI=1S/C11H26N2O2.H2S/c1-5-12(6-2)9-14-11-15-10-13(7-3)8-4;/h5-11H2,1-4H3;1H2. The smallest absolute Gasteiger partial charge is 0.150 e. The molecular weight excluding hydrogens is 224 g/mol. The molecule has 0 aliphatic rings. The van der Waals surface area contributed by atoms with Crippen molar-refractivity contribution in [2.24, 2.45) is 0 Å². The highest BCUT2D eigenvalue weighted by atomic mass is 32.1. The quantitative estimate of drug-likeness (QED) is 0.436. The van der Waals surface area contributed by atoms with Crippen LogP contribution in [0, 0.1) is 0 Å². The van der Waals surface area contributed by atoms with Crippen molar-refractivity contribution in [1.82, 2.24) is 9.80 Å². The van der Waals surface area contributed by atoms with E-state index in [0.29, 0.717) is 20.3 Å². The third-order valence-electron chi connectivity index (χ3n) is 2.50. The van der Waals surface area contributed by atoms with Gasteiger partial charge in [-0.15, -0.1) is 0 Å². The third kappa shape index (κ3) is 9.42. The predicted octanol–water partition coefficient (Wildman–Crippen LogP) is 1.69. The molecule has 100 valence electrons. The molecule has 4 nitrogen and oxygen atoms in total. The summed E-state index contributed by atoms with van der Waals surface area (Å²) in [6, 6.07) is 0. The van der Waals surface area contributed by atoms with Gasteiger partial charge in [0.1, 0.15) is 20.3 Å². The van der Waals surface area contributed by atoms with Crippen LogP contribution in [0.3, 0.4) is 0 Å². The fraction of sp³-hybridized carbons (Fsp3) is 1.00. The summed E-state index contributed by atoms with van der Waals surface area (Å²) in [5.41, 5.74) is 0. The van der Waals surface area contributed by atoms with Gasteiger partial charge in [0.05, 0.1) is 0 Å². The zero-order valence-corrected chi connectivity index (χ0v) is 12.2. The Morgan fingerprint density at radius 1 is 0.688 bits per heavy atom. The summed E-state index contributed by atoms with van der Waals surface area (Å²) in [6.07, 6.45) is 0. The molecule has 5 heteroatoms. The van der Waals surface area contributed by atoms with Crippen molar-refractivity contribution in [2.45, 2.75) is 27.7 Å². The lowest BCUT2D eigenvalue weighted by atomic mass is 10.6. The summed E-state index contributed by atoms with van der Waals surface area (Å²) < 4.78 is 10.8. The molecule has 0 spiro atoms. The van der Waals surface area contributed by atoms with Crippen LogP contribution >= 0.6 is 13.5 Å². The van der Waals surface area contributed by atoms with Crippen LogP contribution in [0.25, 0.3) is 0 Å². The normalized spacial score (nSPS) is 10.9. The van der Waals surface area contributed by atoms with Crippen LogP contribution in [-0.2, 0) is 9.47 Å². The first-order chi connectivity index (χ1) is 7.28. The highest BCUT2D eigenvalue weighted by Gasteiger charge is 2.00. The zero-order chi connectivity index (χ0) is 11.5. The zero-order valence-electron chi connectivity index (χ0n) is 11.2. The number of hydrogen-bond acceptors (Lipinski definition) is 4. The van der Waals surface area contributed by atoms with Crippen LogP contribution in [0.15, 0.2) is 0 Å². The molecule has 0 unspecified atom stereocenters. The fourth-order valence-electron chi connectivity index (χ4n) is 1.20. The van der Waals surface area contributed by atoms with Crippen molar-refractivity contribution in [3.63, 3.8) is 0 Å². The second-order valence-corrected chi connectivity index (χ2v) is 3.39. The minimum Gasteiger partial charge on any atom is -0.340 e. The monoisotopic (exact) mass is 252 g/mol. The molecule has 0 aromatic rings. The van der Waals surface area contributed by atoms with Gasteiger partial charge in [0.2, 0.25) is 0 Å². The topological polar surface area (TPSA) is 24.9 Å². The van der Waals surface area contributed by atoms with Crippen LogP contribution < -0.4 is 0 Å². The average molecular weight is 252 g/mol. The molecule has 0 amide bonds. The van der Waals surface area contributed by atoms with E-state index in [1.54, 1.807) is 0 Å². The molecule has 0 saturated carbocycles. The molecule has 0 N–H and O–H groups in total. The predicted molar refractivity (Wildman–Crippen MR) is 73.0 cm³/mol. The molecule has 0 rings (SSSR count). The number of hydrogen-bond donors (Lipinski definition) is 0. The maximum atomic E-state index is 5.39. The van der Waals surface area contributed by atoms with Gasteiger partial charge in [0, 0.05) is 0 Å². The second-order valence-electron chi connectivity index (χ2n) is 3.39. The Balaban J connectivity index is 0. The van der Waals surface area contributed by atoms with Crippen LogP contribution in [0.2, 0.25) is 0 Å². The van der Waals surface area contributed by atoms with Crippen molar-refractivity contribution in [3.05, 3.63) is 0 Å². The Kier molecular flexibility index (Phi) is 15.4. The molecule has 0 bridgehead atoms. The number of ether oxygens (including phenoxy) is 2. The summed E-state index contributed by atoms with van der Waals surface area (Å²) >= 11 is 0. The molecule has 0 aromatic carbocycles. The molecule has 0 atom stereocenters. The van der Waals surface area contributed by atoms with E-state index in [0.717, 1.165) is 26.2 Å². The van der Waals surface area contributed by atoms with Gasteiger partial charge in [0.15, 0.2) is 0 Å². The van der Waals surface area contributed by atoms with E-state index < -0.39 is 0 Å². The van der Waals surface area contributed by atoms with Crippen LogP contribution in [-0.4, -0.2) is 56.2 Å². The van der Waals surface area contributed by atoms with Crippen molar-refractivity contribution in [3.8, 4) is 0 Å². The van der Waals surface area contributed by atoms with Gasteiger partial charge in [-0.05, 0) is 26.2 Å². The van der Waals surface area contributed by atoms with Gasteiger partial charge in [-0.25, -0.2) is 0 Å². The molecule has 0 saturated heterocycles. The highest BCUT2D eigenvalue weighted by Crippen LogP contribution is 1.90. The Morgan fingerprint density at radius 2 is 1.00 bits per heavy atom. The maximum absolute atomic E-state index is 5.39. The largest absolute Gasteiger partial charge is 0.340 e. The lowest BCUT2D eigenvalue weighted by molar-refractivity contribution is -0.113. The molecule has 0 aliphatic carbocycles. The molecule has 0 radical (unpaired) electrons. The van der Waals surface area contributed by atoms with E-state index in [2.05, 4.69) is 37.5 Å². The van der Waals surface area contributed by atoms with Crippen molar-refractivity contribution in [1.29, 1.82) is 0 Å². The van der Waals surface area contributed by atoms with Crippen LogP contribution in [0.1, 0.15) is 27.7 Å². The first kappa shape index (κ1) is 18.6. The Labute approximate surface area is 107 Å². The summed E-state index contributed by atoms with van der Waals surface area (Å²) in [5, 5.41) is 0. The van der Waals surface area contributed by atoms with Gasteiger partial charge in [-0.3, -0.25) is 9.80 Å². The molecule has 0 aromatic heterocycles. The van der Waals surface area contributed by atoms with Crippen LogP contribution in [0.4, 0.5) is 0 Å². The van der Waals surface area contributed by atoms with E-state index in [1.807, 2.05) is 0 Å². The highest BCUT2D eigenvalue weighted by molar-refractivity contribution is 7.59. The molecular formula is C11H28N2O2S. The summed E-state index contributed by atoms with van der Waals surface area (Å²) in [7, 11) is 0. The Bertz CT molecular complexity index is 117. The molecule has 0 aliphatic heterocycles. The van der Waals surface area contributed by atoms with Gasteiger partial charge < -0.3 is 9.47 Å². The lowest BCUT2D eigenvalue weighted by Gasteiger charge is -2.20. The summed E-state index contributed by atoms with van der Waals surface area (Å²) in [5.74, 6) is 0. The number of nitrogens with zero attached hydrogens (tertiary/aromatic N) is 2. The van der Waals surface area contributed by atoms with E-state index >= 15 is 0 Å². The lowest BCUT2D eigenvalue weighted by Crippen LogP contribution is -2.29. The molecule has 16 heavy (non-hydrogen) atoms. The minimum atomic E-state index is 0. The first-order valence-electron chi connectivity index (χ1n) is 5.88. The van der Waals surface area contributed by atoms with Crippen molar-refractivity contribution in [2.75, 3.05) is 46.4 Å². The van der Waals surface area contributed by atoms with Gasteiger partial charge >= 0.3 is 0 Å². The Morgan fingerprint density at radius 3 is 1.25 bits per heavy atom. The van der Waals surface area contributed by atoms with E-state index in [-0.39, 0.29) is 13.5 Å². The SMILES string of the molecule is CCN(CC)COCOCN(CC)CC.S. The maximum Gasteiger partial charge on any atom is 0.150 e. The van der Waals surface area contributed by atoms with E-state index in [4.69, 9.17) is 9.47 Å². The molecule has 0 heterocycles. The number of rotatable bonds is 10.